The molecule has 15 nitrogen and oxygen atoms in total. The van der Waals surface area contributed by atoms with Gasteiger partial charge in [0.1, 0.15) is 11.9 Å². The number of aromatic nitrogens is 1. The van der Waals surface area contributed by atoms with Gasteiger partial charge in [0.05, 0.1) is 40.2 Å². The van der Waals surface area contributed by atoms with Crippen LogP contribution in [0.4, 0.5) is 40.4 Å². The molecule has 9 rings (SSSR count). The summed E-state index contributed by atoms with van der Waals surface area (Å²) < 4.78 is 56.3. The van der Waals surface area contributed by atoms with Gasteiger partial charge in [-0.25, -0.2) is 9.37 Å². The van der Waals surface area contributed by atoms with Gasteiger partial charge in [-0.15, -0.1) is 0 Å². The molecule has 0 radical (unpaired) electrons. The standard InChI is InChI=1S/C47H52F4N10O5/c48-46(13-19-59(20-14-46)34-2-1-31(27-52)38(26-34)47(49,50)51)45(66)54-40-7-4-35(28-53-40)58-15-9-30(10-16-58)29-56-21-23-60(24-22-56)32-11-17-57(18-12-32)33-3-5-36-37(25-33)44(65)61(43(36)64)39-6-8-41(62)55-42(39)63/h1-5,7,25-26,28,30,32,39H,6,8-24,29H2,(H,53,54,66)(H,55,62,63). The number of anilines is 4. The van der Waals surface area contributed by atoms with Gasteiger partial charge in [0.2, 0.25) is 11.8 Å². The Hall–Kier alpha value is -6.13. The zero-order valence-corrected chi connectivity index (χ0v) is 36.5. The highest BCUT2D eigenvalue weighted by atomic mass is 19.4. The average Bonchev–Trinajstić information content (AvgIpc) is 3.57. The molecular formula is C47H52F4N10O5. The molecule has 1 aromatic heterocycles. The molecule has 1 atom stereocenters. The van der Waals surface area contributed by atoms with Gasteiger partial charge in [-0.1, -0.05) is 0 Å². The maximum Gasteiger partial charge on any atom is 0.417 e. The molecule has 0 aliphatic carbocycles. The van der Waals surface area contributed by atoms with Crippen LogP contribution in [0.2, 0.25) is 0 Å². The van der Waals surface area contributed by atoms with Crippen LogP contribution in [-0.4, -0.2) is 139 Å². The summed E-state index contributed by atoms with van der Waals surface area (Å²) in [5.41, 5.74) is -1.13. The summed E-state index contributed by atoms with van der Waals surface area (Å²) in [6.45, 7) is 8.56. The Morgan fingerprint density at radius 1 is 0.773 bits per heavy atom. The number of nitrogens with zero attached hydrogens (tertiary/aromatic N) is 8. The van der Waals surface area contributed by atoms with E-state index in [0.29, 0.717) is 17.5 Å². The van der Waals surface area contributed by atoms with E-state index in [1.54, 1.807) is 35.4 Å². The third-order valence-corrected chi connectivity index (χ3v) is 14.4. The van der Waals surface area contributed by atoms with E-state index in [9.17, 15) is 37.1 Å². The second-order valence-corrected chi connectivity index (χ2v) is 18.3. The lowest BCUT2D eigenvalue weighted by molar-refractivity contribution is -0.138. The summed E-state index contributed by atoms with van der Waals surface area (Å²) in [7, 11) is 0. The molecule has 2 aromatic carbocycles. The lowest BCUT2D eigenvalue weighted by Crippen LogP contribution is -2.54. The quantitative estimate of drug-likeness (QED) is 0.223. The highest BCUT2D eigenvalue weighted by Crippen LogP contribution is 2.37. The molecule has 6 aliphatic heterocycles. The summed E-state index contributed by atoms with van der Waals surface area (Å²) in [5, 5.41) is 13.9. The van der Waals surface area contributed by atoms with Crippen molar-refractivity contribution in [3.63, 3.8) is 0 Å². The number of pyridine rings is 1. The van der Waals surface area contributed by atoms with Crippen molar-refractivity contribution in [3.8, 4) is 6.07 Å². The molecule has 5 amide bonds. The number of nitriles is 1. The Labute approximate surface area is 379 Å². The first-order valence-electron chi connectivity index (χ1n) is 22.8. The van der Waals surface area contributed by atoms with Gasteiger partial charge in [0, 0.05) is 109 Å². The lowest BCUT2D eigenvalue weighted by Gasteiger charge is -2.44. The van der Waals surface area contributed by atoms with Crippen molar-refractivity contribution in [3.05, 3.63) is 77.0 Å². The van der Waals surface area contributed by atoms with Crippen LogP contribution in [0.3, 0.4) is 0 Å². The van der Waals surface area contributed by atoms with E-state index in [2.05, 4.69) is 35.2 Å². The molecule has 5 fully saturated rings. The SMILES string of the molecule is N#Cc1ccc(N2CCC(F)(C(=O)Nc3ccc(N4CCC(CN5CCN(C6CCN(c7ccc8c(c7)C(=O)N(C7CCC(=O)NC7=O)C8=O)CC6)CC5)CC4)cn3)CC2)cc1C(F)(F)F. The number of hydrogen-bond donors (Lipinski definition) is 2. The molecule has 19 heteroatoms. The van der Waals surface area contributed by atoms with Gasteiger partial charge in [-0.3, -0.25) is 39.1 Å². The Bertz CT molecular complexity index is 2410. The first kappa shape index (κ1) is 45.0. The number of benzene rings is 2. The highest BCUT2D eigenvalue weighted by Gasteiger charge is 2.46. The van der Waals surface area contributed by atoms with E-state index >= 15 is 4.39 Å². The number of halogens is 4. The Kier molecular flexibility index (Phi) is 12.5. The fourth-order valence-corrected chi connectivity index (χ4v) is 10.5. The number of piperidine rings is 4. The van der Waals surface area contributed by atoms with E-state index in [1.807, 2.05) is 12.1 Å². The van der Waals surface area contributed by atoms with E-state index in [-0.39, 0.29) is 55.8 Å². The Balaban J connectivity index is 0.682. The molecule has 7 heterocycles. The van der Waals surface area contributed by atoms with E-state index in [0.717, 1.165) is 113 Å². The minimum atomic E-state index is -4.71. The van der Waals surface area contributed by atoms with Gasteiger partial charge >= 0.3 is 6.18 Å². The average molecular weight is 913 g/mol. The van der Waals surface area contributed by atoms with Crippen molar-refractivity contribution in [1.29, 1.82) is 5.26 Å². The van der Waals surface area contributed by atoms with Gasteiger partial charge in [0.15, 0.2) is 5.67 Å². The van der Waals surface area contributed by atoms with Crippen molar-refractivity contribution in [1.82, 2.24) is 25.0 Å². The second kappa shape index (κ2) is 18.3. The van der Waals surface area contributed by atoms with E-state index in [4.69, 9.17) is 5.26 Å². The van der Waals surface area contributed by atoms with E-state index < -0.39 is 58.5 Å². The molecule has 1 unspecified atom stereocenters. The number of piperazine rings is 1. The topological polar surface area (TPSA) is 166 Å². The number of amides is 5. The number of carbonyl (C=O) groups is 5. The first-order chi connectivity index (χ1) is 31.7. The van der Waals surface area contributed by atoms with Crippen LogP contribution in [0.15, 0.2) is 54.7 Å². The van der Waals surface area contributed by atoms with Crippen LogP contribution in [0, 0.1) is 17.2 Å². The maximum atomic E-state index is 15.9. The predicted octanol–water partition coefficient (Wildman–Crippen LogP) is 4.82. The number of nitrogens with one attached hydrogen (secondary N) is 2. The molecule has 66 heavy (non-hydrogen) atoms. The summed E-state index contributed by atoms with van der Waals surface area (Å²) in [6, 6.07) is 13.3. The number of imide groups is 2. The van der Waals surface area contributed by atoms with Crippen LogP contribution < -0.4 is 25.3 Å². The minimum absolute atomic E-state index is 0.0287. The zero-order chi connectivity index (χ0) is 46.3. The molecule has 5 saturated heterocycles. The number of fused-ring (bicyclic) bond motifs is 1. The van der Waals surface area contributed by atoms with Gasteiger partial charge in [-0.2, -0.15) is 18.4 Å². The largest absolute Gasteiger partial charge is 0.417 e. The molecule has 2 N–H and O–H groups in total. The number of rotatable bonds is 9. The molecule has 0 saturated carbocycles. The monoisotopic (exact) mass is 912 g/mol. The molecule has 0 spiro atoms. The molecule has 348 valence electrons. The van der Waals surface area contributed by atoms with Gasteiger partial charge in [0.25, 0.3) is 17.7 Å². The molecule has 3 aromatic rings. The van der Waals surface area contributed by atoms with Crippen LogP contribution in [0.1, 0.15) is 83.2 Å². The normalized spacial score (nSPS) is 22.6. The van der Waals surface area contributed by atoms with Crippen molar-refractivity contribution >= 4 is 52.4 Å². The van der Waals surface area contributed by atoms with Crippen LogP contribution >= 0.6 is 0 Å². The number of carbonyl (C=O) groups excluding carboxylic acids is 5. The highest BCUT2D eigenvalue weighted by molar-refractivity contribution is 6.23. The summed E-state index contributed by atoms with van der Waals surface area (Å²) >= 11 is 0. The first-order valence-corrected chi connectivity index (χ1v) is 22.8. The maximum absolute atomic E-state index is 15.9. The zero-order valence-electron chi connectivity index (χ0n) is 36.5. The van der Waals surface area contributed by atoms with Gasteiger partial charge < -0.3 is 24.9 Å². The fourth-order valence-electron chi connectivity index (χ4n) is 10.5. The van der Waals surface area contributed by atoms with Crippen molar-refractivity contribution in [2.45, 2.75) is 75.3 Å². The minimum Gasteiger partial charge on any atom is -0.371 e. The Morgan fingerprint density at radius 2 is 1.39 bits per heavy atom. The summed E-state index contributed by atoms with van der Waals surface area (Å²) in [5.74, 6) is -2.05. The van der Waals surface area contributed by atoms with Crippen LogP contribution in [0.25, 0.3) is 0 Å². The predicted molar refractivity (Wildman–Crippen MR) is 236 cm³/mol. The van der Waals surface area contributed by atoms with Crippen LogP contribution in [-0.2, 0) is 20.6 Å². The fraction of sp³-hybridized carbons (Fsp3) is 0.511. The van der Waals surface area contributed by atoms with Gasteiger partial charge in [-0.05, 0) is 86.6 Å². The second-order valence-electron chi connectivity index (χ2n) is 18.3. The van der Waals surface area contributed by atoms with Crippen LogP contribution in [0.5, 0.6) is 0 Å². The molecular weight excluding hydrogens is 861 g/mol. The third-order valence-electron chi connectivity index (χ3n) is 14.4. The molecule has 0 bridgehead atoms. The third kappa shape index (κ3) is 9.17. The van der Waals surface area contributed by atoms with Crippen molar-refractivity contribution in [2.75, 3.05) is 92.0 Å². The summed E-state index contributed by atoms with van der Waals surface area (Å²) in [4.78, 5) is 80.4. The number of alkyl halides is 4. The summed E-state index contributed by atoms with van der Waals surface area (Å²) in [6.07, 6.45) is 0.815. The number of hydrogen-bond acceptors (Lipinski definition) is 12. The smallest absolute Gasteiger partial charge is 0.371 e. The lowest BCUT2D eigenvalue weighted by atomic mass is 9.91. The van der Waals surface area contributed by atoms with Crippen molar-refractivity contribution in [2.24, 2.45) is 5.92 Å². The molecule has 6 aliphatic rings. The van der Waals surface area contributed by atoms with E-state index in [1.165, 1.54) is 6.07 Å². The van der Waals surface area contributed by atoms with Crippen molar-refractivity contribution < 1.29 is 41.5 Å². The Morgan fingerprint density at radius 3 is 2.05 bits per heavy atom.